The highest BCUT2D eigenvalue weighted by Crippen LogP contribution is 2.34. The summed E-state index contributed by atoms with van der Waals surface area (Å²) in [5, 5.41) is 0.954. The van der Waals surface area contributed by atoms with Gasteiger partial charge in [0.05, 0.1) is 52.2 Å². The summed E-state index contributed by atoms with van der Waals surface area (Å²) in [4.78, 5) is 19.9. The van der Waals surface area contributed by atoms with Crippen LogP contribution in [0.5, 0.6) is 0 Å². The maximum absolute atomic E-state index is 13.5. The fourth-order valence-electron chi connectivity index (χ4n) is 6.13. The number of amides is 1. The maximum atomic E-state index is 13.5. The number of methoxy groups -OCH3 is 1. The number of benzene rings is 2. The first-order valence-electron chi connectivity index (χ1n) is 14.3. The molecule has 1 saturated heterocycles. The molecule has 4 rings (SSSR count). The van der Waals surface area contributed by atoms with E-state index >= 15 is 0 Å². The van der Waals surface area contributed by atoms with Crippen LogP contribution in [0.15, 0.2) is 48.8 Å². The summed E-state index contributed by atoms with van der Waals surface area (Å²) in [5.74, 6) is 0. The van der Waals surface area contributed by atoms with E-state index in [1.165, 1.54) is 0 Å². The Bertz CT molecular complexity index is 1310. The molecule has 1 amide bonds. The number of fused-ring (bicyclic) bond motifs is 1. The van der Waals surface area contributed by atoms with Gasteiger partial charge < -0.3 is 23.4 Å². The summed E-state index contributed by atoms with van der Waals surface area (Å²) in [7, 11) is -0.327. The highest BCUT2D eigenvalue weighted by atomic mass is 35.5. The lowest BCUT2D eigenvalue weighted by Crippen LogP contribution is -2.56. The Morgan fingerprint density at radius 2 is 1.85 bits per heavy atom. The number of ether oxygens (including phenoxy) is 2. The van der Waals surface area contributed by atoms with Gasteiger partial charge in [0.2, 0.25) is 0 Å². The quantitative estimate of drug-likeness (QED) is 0.214. The van der Waals surface area contributed by atoms with Gasteiger partial charge in [0, 0.05) is 13.7 Å². The summed E-state index contributed by atoms with van der Waals surface area (Å²) < 4.78 is 20.8. The fraction of sp³-hybridized carbons (Fsp3) is 0.548. The number of likely N-dealkylation sites (tertiary alicyclic amines) is 1. The number of hydrogen-bond donors (Lipinski definition) is 0. The minimum Gasteiger partial charge on any atom is -0.445 e. The van der Waals surface area contributed by atoms with Crippen molar-refractivity contribution in [3.05, 3.63) is 64.4 Å². The SMILES string of the molecule is COC(C[C@@H]1[C@@H](O[Si](C)(C)CC(C)(C)C)CCCN1C(=O)OCc1ccccc1)Cn1cnc2cc(Cl)c(Cl)cc21. The zero-order valence-corrected chi connectivity index (χ0v) is 27.5. The Hall–Kier alpha value is -2.10. The summed E-state index contributed by atoms with van der Waals surface area (Å²) >= 11 is 12.5. The van der Waals surface area contributed by atoms with Crippen molar-refractivity contribution in [2.45, 2.75) is 90.6 Å². The van der Waals surface area contributed by atoms with Crippen molar-refractivity contribution in [3.8, 4) is 0 Å². The van der Waals surface area contributed by atoms with E-state index in [9.17, 15) is 4.79 Å². The Kier molecular flexibility index (Phi) is 10.5. The Morgan fingerprint density at radius 3 is 2.54 bits per heavy atom. The number of nitrogens with zero attached hydrogens (tertiary/aromatic N) is 3. The molecule has 7 nitrogen and oxygen atoms in total. The molecule has 0 saturated carbocycles. The Balaban J connectivity index is 1.57. The average molecular weight is 621 g/mol. The van der Waals surface area contributed by atoms with Gasteiger partial charge in [-0.1, -0.05) is 74.3 Å². The smallest absolute Gasteiger partial charge is 0.410 e. The minimum absolute atomic E-state index is 0.0949. The molecule has 0 aliphatic carbocycles. The number of rotatable bonds is 10. The second-order valence-electron chi connectivity index (χ2n) is 12.8. The molecule has 0 N–H and O–H groups in total. The molecular weight excluding hydrogens is 577 g/mol. The van der Waals surface area contributed by atoms with Gasteiger partial charge in [-0.05, 0) is 61.5 Å². The monoisotopic (exact) mass is 619 g/mol. The van der Waals surface area contributed by atoms with Gasteiger partial charge in [-0.15, -0.1) is 0 Å². The van der Waals surface area contributed by atoms with Crippen LogP contribution in [0.2, 0.25) is 29.2 Å². The molecule has 1 fully saturated rings. The van der Waals surface area contributed by atoms with Crippen LogP contribution in [0.25, 0.3) is 11.0 Å². The molecule has 3 atom stereocenters. The molecule has 1 unspecified atom stereocenters. The van der Waals surface area contributed by atoms with Gasteiger partial charge in [-0.25, -0.2) is 9.78 Å². The van der Waals surface area contributed by atoms with Gasteiger partial charge in [-0.3, -0.25) is 0 Å². The van der Waals surface area contributed by atoms with E-state index < -0.39 is 8.32 Å². The molecule has 10 heteroatoms. The molecule has 1 aromatic heterocycles. The third-order valence-corrected chi connectivity index (χ3v) is 11.1. The number of halogens is 2. The lowest BCUT2D eigenvalue weighted by atomic mass is 9.94. The van der Waals surface area contributed by atoms with Gasteiger partial charge >= 0.3 is 6.09 Å². The predicted octanol–water partition coefficient (Wildman–Crippen LogP) is 8.19. The molecule has 0 spiro atoms. The lowest BCUT2D eigenvalue weighted by Gasteiger charge is -2.45. The number of carbonyl (C=O) groups is 1. The van der Waals surface area contributed by atoms with Crippen molar-refractivity contribution in [2.24, 2.45) is 5.41 Å². The minimum atomic E-state index is -2.04. The molecule has 224 valence electrons. The van der Waals surface area contributed by atoms with Gasteiger partial charge in [0.25, 0.3) is 0 Å². The number of aromatic nitrogens is 2. The number of imidazole rings is 1. The Morgan fingerprint density at radius 1 is 1.15 bits per heavy atom. The number of carbonyl (C=O) groups excluding carboxylic acids is 1. The fourth-order valence-corrected chi connectivity index (χ4v) is 10.2. The van der Waals surface area contributed by atoms with Crippen molar-refractivity contribution in [1.82, 2.24) is 14.5 Å². The largest absolute Gasteiger partial charge is 0.445 e. The van der Waals surface area contributed by atoms with Crippen molar-refractivity contribution in [3.63, 3.8) is 0 Å². The number of hydrogen-bond acceptors (Lipinski definition) is 5. The van der Waals surface area contributed by atoms with Gasteiger partial charge in [0.1, 0.15) is 6.61 Å². The zero-order chi connectivity index (χ0) is 29.8. The normalized spacial score (nSPS) is 19.0. The van der Waals surface area contributed by atoms with E-state index in [1.54, 1.807) is 19.5 Å². The van der Waals surface area contributed by atoms with E-state index in [0.29, 0.717) is 29.6 Å². The topological polar surface area (TPSA) is 65.8 Å². The van der Waals surface area contributed by atoms with Gasteiger partial charge in [0.15, 0.2) is 8.32 Å². The third kappa shape index (κ3) is 8.71. The predicted molar refractivity (Wildman–Crippen MR) is 168 cm³/mol. The van der Waals surface area contributed by atoms with E-state index in [4.69, 9.17) is 37.1 Å². The number of piperidine rings is 1. The first kappa shape index (κ1) is 31.8. The molecular formula is C31H43Cl2N3O4Si. The maximum Gasteiger partial charge on any atom is 0.410 e. The van der Waals surface area contributed by atoms with Crippen LogP contribution in [0.3, 0.4) is 0 Å². The molecule has 0 bridgehead atoms. The van der Waals surface area contributed by atoms with Gasteiger partial charge in [-0.2, -0.15) is 0 Å². The van der Waals surface area contributed by atoms with Crippen LogP contribution in [-0.2, 0) is 27.1 Å². The van der Waals surface area contributed by atoms with Crippen LogP contribution in [0.1, 0.15) is 45.6 Å². The molecule has 0 radical (unpaired) electrons. The molecule has 1 aliphatic rings. The van der Waals surface area contributed by atoms with Crippen LogP contribution in [0, 0.1) is 5.41 Å². The Labute approximate surface area is 255 Å². The molecule has 2 aromatic carbocycles. The summed E-state index contributed by atoms with van der Waals surface area (Å²) in [5.41, 5.74) is 2.78. The standard InChI is InChI=1S/C31H43Cl2N3O4Si/c1-31(2,3)20-41(5,6)40-29-13-10-14-36(30(37)39-19-22-11-8-7-9-12-22)28(29)15-23(38-4)18-35-21-34-26-16-24(32)25(33)17-27(26)35/h7-9,11-12,16-17,21,23,28-29H,10,13-15,18-20H2,1-6H3/t23?,28-,29+/m1/s1. The first-order chi connectivity index (χ1) is 19.3. The molecule has 41 heavy (non-hydrogen) atoms. The zero-order valence-electron chi connectivity index (χ0n) is 25.0. The van der Waals surface area contributed by atoms with Crippen LogP contribution >= 0.6 is 23.2 Å². The van der Waals surface area contributed by atoms with Crippen molar-refractivity contribution in [2.75, 3.05) is 13.7 Å². The summed E-state index contributed by atoms with van der Waals surface area (Å²) in [6, 6.07) is 14.2. The van der Waals surface area contributed by atoms with Crippen LogP contribution in [0.4, 0.5) is 4.79 Å². The first-order valence-corrected chi connectivity index (χ1v) is 18.2. The van der Waals surface area contributed by atoms with Crippen LogP contribution in [-0.4, -0.2) is 60.8 Å². The van der Waals surface area contributed by atoms with E-state index in [2.05, 4.69) is 38.8 Å². The second kappa shape index (κ2) is 13.5. The van der Waals surface area contributed by atoms with Crippen molar-refractivity contribution in [1.29, 1.82) is 0 Å². The average Bonchev–Trinajstić information content (AvgIpc) is 3.27. The molecule has 1 aliphatic heterocycles. The van der Waals surface area contributed by atoms with Crippen molar-refractivity contribution >= 4 is 48.6 Å². The van der Waals surface area contributed by atoms with Crippen molar-refractivity contribution < 1.29 is 18.7 Å². The molecule has 3 aromatic rings. The lowest BCUT2D eigenvalue weighted by molar-refractivity contribution is -0.0205. The summed E-state index contributed by atoms with van der Waals surface area (Å²) in [6.07, 6.45) is 3.53. The second-order valence-corrected chi connectivity index (χ2v) is 17.8. The van der Waals surface area contributed by atoms with E-state index in [1.807, 2.05) is 45.9 Å². The third-order valence-electron chi connectivity index (χ3n) is 7.48. The highest BCUT2D eigenvalue weighted by molar-refractivity contribution is 6.71. The summed E-state index contributed by atoms with van der Waals surface area (Å²) in [6.45, 7) is 12.7. The van der Waals surface area contributed by atoms with Crippen LogP contribution < -0.4 is 0 Å². The highest BCUT2D eigenvalue weighted by Gasteiger charge is 2.41. The van der Waals surface area contributed by atoms with E-state index in [0.717, 1.165) is 35.5 Å². The molecule has 2 heterocycles. The van der Waals surface area contributed by atoms with E-state index in [-0.39, 0.29) is 36.4 Å².